The van der Waals surface area contributed by atoms with E-state index in [9.17, 15) is 17.2 Å². The van der Waals surface area contributed by atoms with Crippen molar-refractivity contribution in [2.45, 2.75) is 24.7 Å². The number of benzene rings is 1. The van der Waals surface area contributed by atoms with Crippen molar-refractivity contribution in [1.29, 1.82) is 0 Å². The number of rotatable bonds is 6. The molecule has 9 heteroatoms. The molecule has 1 fully saturated rings. The Morgan fingerprint density at radius 1 is 1.25 bits per heavy atom. The summed E-state index contributed by atoms with van der Waals surface area (Å²) in [5.41, 5.74) is -0.237. The molecular formula is C15H23ClF2N2O3S. The lowest BCUT2D eigenvalue weighted by Gasteiger charge is -2.37. The monoisotopic (exact) mass is 384 g/mol. The van der Waals surface area contributed by atoms with Gasteiger partial charge in [-0.15, -0.1) is 12.4 Å². The van der Waals surface area contributed by atoms with Crippen molar-refractivity contribution < 1.29 is 21.9 Å². The zero-order chi connectivity index (χ0) is 17.1. The molecular weight excluding hydrogens is 362 g/mol. The van der Waals surface area contributed by atoms with Crippen LogP contribution in [0.25, 0.3) is 0 Å². The van der Waals surface area contributed by atoms with Crippen molar-refractivity contribution in [2.24, 2.45) is 5.41 Å². The Balaban J connectivity index is 0.00000288. The summed E-state index contributed by atoms with van der Waals surface area (Å²) in [6.45, 7) is 3.51. The van der Waals surface area contributed by atoms with E-state index >= 15 is 0 Å². The average Bonchev–Trinajstić information content (AvgIpc) is 2.50. The third-order valence-electron chi connectivity index (χ3n) is 4.25. The van der Waals surface area contributed by atoms with Crippen LogP contribution in [0.2, 0.25) is 0 Å². The lowest BCUT2D eigenvalue weighted by molar-refractivity contribution is 0.0577. The highest BCUT2D eigenvalue weighted by Crippen LogP contribution is 2.29. The van der Waals surface area contributed by atoms with Crippen LogP contribution in [-0.4, -0.2) is 41.8 Å². The first-order valence-corrected chi connectivity index (χ1v) is 8.93. The van der Waals surface area contributed by atoms with E-state index in [0.717, 1.165) is 32.0 Å². The number of halogens is 3. The normalized spacial score (nSPS) is 17.3. The van der Waals surface area contributed by atoms with Gasteiger partial charge < -0.3 is 10.1 Å². The number of hydrogen-bond acceptors (Lipinski definition) is 4. The molecule has 0 spiro atoms. The van der Waals surface area contributed by atoms with Crippen LogP contribution in [0.15, 0.2) is 17.0 Å². The minimum Gasteiger partial charge on any atom is -0.384 e. The summed E-state index contributed by atoms with van der Waals surface area (Å²) in [7, 11) is -2.48. The van der Waals surface area contributed by atoms with Gasteiger partial charge in [0.25, 0.3) is 0 Å². The number of ether oxygens (including phenoxy) is 1. The van der Waals surface area contributed by atoms with Crippen LogP contribution >= 0.6 is 12.4 Å². The summed E-state index contributed by atoms with van der Waals surface area (Å²) in [4.78, 5) is -0.530. The van der Waals surface area contributed by atoms with E-state index in [1.54, 1.807) is 7.11 Å². The third kappa shape index (κ3) is 4.86. The van der Waals surface area contributed by atoms with Gasteiger partial charge in [-0.25, -0.2) is 21.9 Å². The molecule has 1 aromatic rings. The highest BCUT2D eigenvalue weighted by molar-refractivity contribution is 7.89. The second-order valence-electron chi connectivity index (χ2n) is 6.04. The second kappa shape index (κ2) is 8.53. The standard InChI is InChI=1S/C15H22F2N2O3S.ClH/c1-11-7-14(13(17)8-12(11)16)23(20,21)19-9-15(10-22-2)3-5-18-6-4-15;/h7-8,18-19H,3-6,9-10H2,1-2H3;1H. The van der Waals surface area contributed by atoms with Gasteiger partial charge in [0.1, 0.15) is 16.5 Å². The number of nitrogens with one attached hydrogen (secondary N) is 2. The van der Waals surface area contributed by atoms with Gasteiger partial charge in [-0.05, 0) is 44.5 Å². The van der Waals surface area contributed by atoms with Gasteiger partial charge in [-0.2, -0.15) is 0 Å². The Bertz CT molecular complexity index is 659. The van der Waals surface area contributed by atoms with Gasteiger partial charge in [-0.1, -0.05) is 0 Å². The number of piperidine rings is 1. The molecule has 1 saturated heterocycles. The van der Waals surface area contributed by atoms with Gasteiger partial charge >= 0.3 is 0 Å². The molecule has 1 aliphatic rings. The summed E-state index contributed by atoms with van der Waals surface area (Å²) in [6.07, 6.45) is 1.52. The zero-order valence-corrected chi connectivity index (χ0v) is 15.3. The Kier molecular flexibility index (Phi) is 7.55. The molecule has 2 rings (SSSR count). The summed E-state index contributed by atoms with van der Waals surface area (Å²) in [5.74, 6) is -1.86. The maximum atomic E-state index is 13.8. The van der Waals surface area contributed by atoms with Crippen molar-refractivity contribution >= 4 is 22.4 Å². The van der Waals surface area contributed by atoms with E-state index in [1.807, 2.05) is 0 Å². The zero-order valence-electron chi connectivity index (χ0n) is 13.7. The van der Waals surface area contributed by atoms with Crippen LogP contribution in [0.5, 0.6) is 0 Å². The van der Waals surface area contributed by atoms with Crippen molar-refractivity contribution in [3.05, 3.63) is 29.3 Å². The van der Waals surface area contributed by atoms with Crippen molar-refractivity contribution in [1.82, 2.24) is 10.0 Å². The summed E-state index contributed by atoms with van der Waals surface area (Å²) < 4.78 is 59.6. The Morgan fingerprint density at radius 3 is 2.46 bits per heavy atom. The number of methoxy groups -OCH3 is 1. The first-order valence-electron chi connectivity index (χ1n) is 7.45. The predicted molar refractivity (Wildman–Crippen MR) is 89.9 cm³/mol. The molecule has 0 atom stereocenters. The van der Waals surface area contributed by atoms with E-state index in [-0.39, 0.29) is 29.9 Å². The minimum absolute atomic E-state index is 0. The summed E-state index contributed by atoms with van der Waals surface area (Å²) in [6, 6.07) is 1.61. The molecule has 0 aromatic heterocycles. The fraction of sp³-hybridized carbons (Fsp3) is 0.600. The maximum Gasteiger partial charge on any atom is 0.243 e. The molecule has 1 heterocycles. The highest BCUT2D eigenvalue weighted by atomic mass is 35.5. The molecule has 24 heavy (non-hydrogen) atoms. The highest BCUT2D eigenvalue weighted by Gasteiger charge is 2.34. The molecule has 0 amide bonds. The Hall–Kier alpha value is -0.800. The van der Waals surface area contributed by atoms with Crippen LogP contribution in [0.4, 0.5) is 8.78 Å². The van der Waals surface area contributed by atoms with Crippen molar-refractivity contribution in [3.8, 4) is 0 Å². The number of aryl methyl sites for hydroxylation is 1. The Labute approximate surface area is 147 Å². The van der Waals surface area contributed by atoms with Crippen LogP contribution in [0, 0.1) is 24.0 Å². The van der Waals surface area contributed by atoms with Crippen LogP contribution in [-0.2, 0) is 14.8 Å². The number of sulfonamides is 1. The first kappa shape index (κ1) is 21.2. The van der Waals surface area contributed by atoms with E-state index in [1.165, 1.54) is 6.92 Å². The SMILES string of the molecule is COCC1(CNS(=O)(=O)c2cc(C)c(F)cc2F)CCNCC1.Cl. The van der Waals surface area contributed by atoms with E-state index in [0.29, 0.717) is 12.7 Å². The van der Waals surface area contributed by atoms with E-state index in [4.69, 9.17) is 4.74 Å². The number of hydrogen-bond donors (Lipinski definition) is 2. The second-order valence-corrected chi connectivity index (χ2v) is 7.77. The first-order chi connectivity index (χ1) is 10.8. The van der Waals surface area contributed by atoms with Gasteiger partial charge in [0, 0.05) is 25.1 Å². The summed E-state index contributed by atoms with van der Waals surface area (Å²) >= 11 is 0. The third-order valence-corrected chi connectivity index (χ3v) is 5.67. The maximum absolute atomic E-state index is 13.8. The van der Waals surface area contributed by atoms with Crippen LogP contribution in [0.3, 0.4) is 0 Å². The van der Waals surface area contributed by atoms with Crippen LogP contribution in [0.1, 0.15) is 18.4 Å². The van der Waals surface area contributed by atoms with E-state index < -0.39 is 26.6 Å². The molecule has 0 unspecified atom stereocenters. The molecule has 2 N–H and O–H groups in total. The predicted octanol–water partition coefficient (Wildman–Crippen LogP) is 1.99. The molecule has 1 aromatic carbocycles. The molecule has 0 aliphatic carbocycles. The summed E-state index contributed by atoms with van der Waals surface area (Å²) in [5, 5.41) is 3.22. The topological polar surface area (TPSA) is 67.4 Å². The fourth-order valence-electron chi connectivity index (χ4n) is 2.80. The fourth-order valence-corrected chi connectivity index (χ4v) is 4.10. The molecule has 0 saturated carbocycles. The Morgan fingerprint density at radius 2 is 1.88 bits per heavy atom. The largest absolute Gasteiger partial charge is 0.384 e. The molecule has 5 nitrogen and oxygen atoms in total. The van der Waals surface area contributed by atoms with Gasteiger partial charge in [0.2, 0.25) is 10.0 Å². The van der Waals surface area contributed by atoms with Crippen molar-refractivity contribution in [3.63, 3.8) is 0 Å². The molecule has 1 aliphatic heterocycles. The van der Waals surface area contributed by atoms with Gasteiger partial charge in [0.05, 0.1) is 6.61 Å². The molecule has 0 bridgehead atoms. The van der Waals surface area contributed by atoms with Crippen molar-refractivity contribution in [2.75, 3.05) is 33.4 Å². The quantitative estimate of drug-likeness (QED) is 0.787. The minimum atomic E-state index is -4.05. The average molecular weight is 385 g/mol. The smallest absolute Gasteiger partial charge is 0.243 e. The van der Waals surface area contributed by atoms with Crippen LogP contribution < -0.4 is 10.0 Å². The lowest BCUT2D eigenvalue weighted by atomic mass is 9.80. The lowest BCUT2D eigenvalue weighted by Crippen LogP contribution is -2.47. The molecule has 138 valence electrons. The molecule has 0 radical (unpaired) electrons. The van der Waals surface area contributed by atoms with Gasteiger partial charge in [0.15, 0.2) is 0 Å². The van der Waals surface area contributed by atoms with E-state index in [2.05, 4.69) is 10.0 Å². The van der Waals surface area contributed by atoms with Gasteiger partial charge in [-0.3, -0.25) is 0 Å².